The largest absolute Gasteiger partial charge is 0.454 e. The van der Waals surface area contributed by atoms with Gasteiger partial charge in [0.15, 0.2) is 9.84 Å². The summed E-state index contributed by atoms with van der Waals surface area (Å²) in [6, 6.07) is 13.2. The number of hydrogen-bond donors (Lipinski definition) is 0. The molecule has 1 atom stereocenters. The molecule has 0 aliphatic carbocycles. The van der Waals surface area contributed by atoms with Crippen molar-refractivity contribution in [3.8, 4) is 0 Å². The Balaban J connectivity index is 2.26. The number of hydrogen-bond acceptors (Lipinski definition) is 4. The van der Waals surface area contributed by atoms with Crippen LogP contribution in [0.2, 0.25) is 5.02 Å². The van der Waals surface area contributed by atoms with Crippen molar-refractivity contribution in [1.29, 1.82) is 0 Å². The lowest BCUT2D eigenvalue weighted by molar-refractivity contribution is 0.0338. The number of rotatable bonds is 4. The van der Waals surface area contributed by atoms with Crippen molar-refractivity contribution in [1.82, 2.24) is 0 Å². The summed E-state index contributed by atoms with van der Waals surface area (Å²) in [6.45, 7) is 1.74. The van der Waals surface area contributed by atoms with Crippen molar-refractivity contribution in [2.24, 2.45) is 0 Å². The second-order valence-electron chi connectivity index (χ2n) is 4.87. The average molecular weight is 339 g/mol. The van der Waals surface area contributed by atoms with E-state index in [1.165, 1.54) is 18.2 Å². The second kappa shape index (κ2) is 6.50. The molecule has 6 heteroatoms. The third-order valence-electron chi connectivity index (χ3n) is 3.14. The number of esters is 1. The molecular formula is C16H15ClO4S. The average Bonchev–Trinajstić information content (AvgIpc) is 2.47. The molecule has 0 radical (unpaired) electrons. The SMILES string of the molecule is C[C@@H](OC(=O)c1cc(S(C)(=O)=O)ccc1Cl)c1ccccc1. The Hall–Kier alpha value is -1.85. The van der Waals surface area contributed by atoms with E-state index in [2.05, 4.69) is 0 Å². The molecule has 2 aromatic carbocycles. The molecule has 0 saturated heterocycles. The Morgan fingerprint density at radius 3 is 2.36 bits per heavy atom. The molecule has 0 aliphatic heterocycles. The van der Waals surface area contributed by atoms with Crippen molar-refractivity contribution in [2.75, 3.05) is 6.26 Å². The summed E-state index contributed by atoms with van der Waals surface area (Å²) in [5.74, 6) is -0.660. The summed E-state index contributed by atoms with van der Waals surface area (Å²) >= 11 is 5.97. The molecule has 116 valence electrons. The quantitative estimate of drug-likeness (QED) is 0.798. The molecule has 2 rings (SSSR count). The Labute approximate surface area is 134 Å². The lowest BCUT2D eigenvalue weighted by atomic mass is 10.1. The summed E-state index contributed by atoms with van der Waals surface area (Å²) in [7, 11) is -3.42. The zero-order valence-corrected chi connectivity index (χ0v) is 13.7. The smallest absolute Gasteiger partial charge is 0.340 e. The van der Waals surface area contributed by atoms with E-state index in [1.54, 1.807) is 6.92 Å². The van der Waals surface area contributed by atoms with E-state index in [9.17, 15) is 13.2 Å². The van der Waals surface area contributed by atoms with Gasteiger partial charge < -0.3 is 4.74 Å². The molecule has 0 amide bonds. The van der Waals surface area contributed by atoms with Crippen LogP contribution in [0.15, 0.2) is 53.4 Å². The molecular weight excluding hydrogens is 324 g/mol. The topological polar surface area (TPSA) is 60.4 Å². The van der Waals surface area contributed by atoms with Crippen LogP contribution in [-0.4, -0.2) is 20.6 Å². The number of ether oxygens (including phenoxy) is 1. The molecule has 0 N–H and O–H groups in total. The minimum atomic E-state index is -3.42. The lowest BCUT2D eigenvalue weighted by Gasteiger charge is -2.14. The van der Waals surface area contributed by atoms with E-state index in [4.69, 9.17) is 16.3 Å². The van der Waals surface area contributed by atoms with E-state index >= 15 is 0 Å². The maximum atomic E-state index is 12.2. The highest BCUT2D eigenvalue weighted by atomic mass is 35.5. The number of benzene rings is 2. The minimum Gasteiger partial charge on any atom is -0.454 e. The fourth-order valence-electron chi connectivity index (χ4n) is 1.91. The molecule has 0 fully saturated rings. The molecule has 4 nitrogen and oxygen atoms in total. The van der Waals surface area contributed by atoms with Gasteiger partial charge in [0, 0.05) is 6.26 Å². The van der Waals surface area contributed by atoms with Crippen molar-refractivity contribution in [3.63, 3.8) is 0 Å². The molecule has 0 saturated carbocycles. The van der Waals surface area contributed by atoms with Crippen molar-refractivity contribution in [2.45, 2.75) is 17.9 Å². The monoisotopic (exact) mass is 338 g/mol. The number of halogens is 1. The minimum absolute atomic E-state index is 0.0243. The zero-order valence-electron chi connectivity index (χ0n) is 12.1. The van der Waals surface area contributed by atoms with Crippen LogP contribution < -0.4 is 0 Å². The number of sulfone groups is 1. The van der Waals surface area contributed by atoms with E-state index in [0.29, 0.717) is 0 Å². The first-order chi connectivity index (χ1) is 10.3. The van der Waals surface area contributed by atoms with E-state index in [-0.39, 0.29) is 15.5 Å². The first-order valence-corrected chi connectivity index (χ1v) is 8.81. The predicted molar refractivity (Wildman–Crippen MR) is 84.8 cm³/mol. The Morgan fingerprint density at radius 1 is 1.14 bits per heavy atom. The highest BCUT2D eigenvalue weighted by molar-refractivity contribution is 7.90. The van der Waals surface area contributed by atoms with Gasteiger partial charge >= 0.3 is 5.97 Å². The Bertz CT molecular complexity index is 785. The van der Waals surface area contributed by atoms with Crippen molar-refractivity contribution >= 4 is 27.4 Å². The fourth-order valence-corrected chi connectivity index (χ4v) is 2.75. The van der Waals surface area contributed by atoms with Crippen LogP contribution in [0.5, 0.6) is 0 Å². The standard InChI is InChI=1S/C16H15ClO4S/c1-11(12-6-4-3-5-7-12)21-16(18)14-10-13(22(2,19)20)8-9-15(14)17/h3-11H,1-2H3/t11-/m1/s1. The molecule has 2 aromatic rings. The van der Waals surface area contributed by atoms with Crippen LogP contribution in [0.4, 0.5) is 0 Å². The van der Waals surface area contributed by atoms with Gasteiger partial charge in [-0.1, -0.05) is 41.9 Å². The first-order valence-electron chi connectivity index (χ1n) is 6.54. The van der Waals surface area contributed by atoms with Crippen LogP contribution in [0.1, 0.15) is 28.9 Å². The van der Waals surface area contributed by atoms with Crippen LogP contribution >= 0.6 is 11.6 Å². The lowest BCUT2D eigenvalue weighted by Crippen LogP contribution is -2.11. The van der Waals surface area contributed by atoms with Crippen molar-refractivity contribution < 1.29 is 17.9 Å². The summed E-state index contributed by atoms with van der Waals surface area (Å²) < 4.78 is 28.5. The number of carbonyl (C=O) groups excluding carboxylic acids is 1. The predicted octanol–water partition coefficient (Wildman–Crippen LogP) is 3.66. The van der Waals surface area contributed by atoms with E-state index in [1.807, 2.05) is 30.3 Å². The highest BCUT2D eigenvalue weighted by Gasteiger charge is 2.19. The van der Waals surface area contributed by atoms with Gasteiger partial charge in [0.05, 0.1) is 15.5 Å². The van der Waals surface area contributed by atoms with Gasteiger partial charge in [-0.15, -0.1) is 0 Å². The summed E-state index contributed by atoms with van der Waals surface area (Å²) in [5, 5.41) is 0.151. The Morgan fingerprint density at radius 2 is 1.77 bits per heavy atom. The van der Waals surface area contributed by atoms with E-state index in [0.717, 1.165) is 11.8 Å². The molecule has 0 unspecified atom stereocenters. The van der Waals surface area contributed by atoms with Gasteiger partial charge in [-0.2, -0.15) is 0 Å². The molecule has 0 bridgehead atoms. The third kappa shape index (κ3) is 3.87. The van der Waals surface area contributed by atoms with Gasteiger partial charge in [-0.05, 0) is 30.7 Å². The summed E-state index contributed by atoms with van der Waals surface area (Å²) in [5.41, 5.74) is 0.874. The maximum absolute atomic E-state index is 12.2. The van der Waals surface area contributed by atoms with Gasteiger partial charge in [0.1, 0.15) is 6.10 Å². The van der Waals surface area contributed by atoms with Crippen LogP contribution in [0, 0.1) is 0 Å². The first kappa shape index (κ1) is 16.5. The van der Waals surface area contributed by atoms with Crippen molar-refractivity contribution in [3.05, 3.63) is 64.7 Å². The molecule has 0 spiro atoms. The normalized spacial score (nSPS) is 12.7. The van der Waals surface area contributed by atoms with Crippen LogP contribution in [0.3, 0.4) is 0 Å². The highest BCUT2D eigenvalue weighted by Crippen LogP contribution is 2.24. The number of carbonyl (C=O) groups is 1. The van der Waals surface area contributed by atoms with Gasteiger partial charge in [-0.25, -0.2) is 13.2 Å². The summed E-state index contributed by atoms with van der Waals surface area (Å²) in [4.78, 5) is 12.3. The summed E-state index contributed by atoms with van der Waals surface area (Å²) in [6.07, 6.45) is 0.601. The van der Waals surface area contributed by atoms with E-state index < -0.39 is 21.9 Å². The zero-order chi connectivity index (χ0) is 16.3. The fraction of sp³-hybridized carbons (Fsp3) is 0.188. The molecule has 22 heavy (non-hydrogen) atoms. The second-order valence-corrected chi connectivity index (χ2v) is 7.29. The maximum Gasteiger partial charge on any atom is 0.340 e. The molecule has 0 aliphatic rings. The van der Waals surface area contributed by atoms with Gasteiger partial charge in [-0.3, -0.25) is 0 Å². The third-order valence-corrected chi connectivity index (χ3v) is 4.58. The van der Waals surface area contributed by atoms with Gasteiger partial charge in [0.25, 0.3) is 0 Å². The Kier molecular flexibility index (Phi) is 4.88. The van der Waals surface area contributed by atoms with Crippen LogP contribution in [0.25, 0.3) is 0 Å². The van der Waals surface area contributed by atoms with Crippen LogP contribution in [-0.2, 0) is 14.6 Å². The van der Waals surface area contributed by atoms with Gasteiger partial charge in [0.2, 0.25) is 0 Å². The molecule has 0 aromatic heterocycles. The molecule has 0 heterocycles.